The van der Waals surface area contributed by atoms with Gasteiger partial charge >= 0.3 is 0 Å². The van der Waals surface area contributed by atoms with Crippen LogP contribution in [-0.2, 0) is 10.0 Å². The molecule has 0 spiro atoms. The second-order valence-corrected chi connectivity index (χ2v) is 7.49. The lowest BCUT2D eigenvalue weighted by Gasteiger charge is -2.20. The summed E-state index contributed by atoms with van der Waals surface area (Å²) in [5, 5.41) is 0. The number of hydrogen-bond donors (Lipinski definition) is 1. The third-order valence-electron chi connectivity index (χ3n) is 3.44. The van der Waals surface area contributed by atoms with E-state index in [4.69, 9.17) is 0 Å². The minimum Gasteiger partial charge on any atom is -0.264 e. The van der Waals surface area contributed by atoms with Gasteiger partial charge in [0, 0.05) is 12.4 Å². The molecular formula is C17H21FN2O2S. The van der Waals surface area contributed by atoms with Gasteiger partial charge in [-0.1, -0.05) is 35.4 Å². The molecule has 0 saturated heterocycles. The number of benzene rings is 1. The second-order valence-electron chi connectivity index (χ2n) is 5.62. The third-order valence-corrected chi connectivity index (χ3v) is 4.86. The van der Waals surface area contributed by atoms with Crippen LogP contribution in [0.1, 0.15) is 34.7 Å². The number of nitrogens with one attached hydrogen (secondary N) is 1. The molecule has 2 aromatic rings. The van der Waals surface area contributed by atoms with Gasteiger partial charge in [0.15, 0.2) is 0 Å². The highest BCUT2D eigenvalue weighted by atomic mass is 32.2. The molecule has 1 atom stereocenters. The van der Waals surface area contributed by atoms with Crippen LogP contribution in [-0.4, -0.2) is 25.8 Å². The third kappa shape index (κ3) is 5.11. The van der Waals surface area contributed by atoms with Crippen molar-refractivity contribution in [2.24, 2.45) is 0 Å². The van der Waals surface area contributed by atoms with E-state index in [2.05, 4.69) is 9.71 Å². The standard InChI is InChI=1S/C17H21FN2O2S/c1-13-9-14(2)11-16(10-13)17(15-5-3-7-19-12-15)20-23(21,22)8-4-6-18/h3,5,7,9-12,17,20H,4,6,8H2,1-2H3/t17-/m0/s1. The van der Waals surface area contributed by atoms with Crippen molar-refractivity contribution in [2.45, 2.75) is 26.3 Å². The van der Waals surface area contributed by atoms with Crippen LogP contribution in [0.25, 0.3) is 0 Å². The van der Waals surface area contributed by atoms with Gasteiger partial charge in [0.1, 0.15) is 0 Å². The van der Waals surface area contributed by atoms with Crippen molar-refractivity contribution in [3.8, 4) is 0 Å². The summed E-state index contributed by atoms with van der Waals surface area (Å²) in [7, 11) is -3.58. The molecule has 2 rings (SSSR count). The van der Waals surface area contributed by atoms with E-state index in [1.54, 1.807) is 18.5 Å². The minimum absolute atomic E-state index is 0.0120. The zero-order valence-corrected chi connectivity index (χ0v) is 14.1. The van der Waals surface area contributed by atoms with Crippen LogP contribution in [0, 0.1) is 13.8 Å². The summed E-state index contributed by atoms with van der Waals surface area (Å²) in [6.07, 6.45) is 3.27. The summed E-state index contributed by atoms with van der Waals surface area (Å²) >= 11 is 0. The number of hydrogen-bond acceptors (Lipinski definition) is 3. The Labute approximate surface area is 136 Å². The number of alkyl halides is 1. The Morgan fingerprint density at radius 1 is 1.17 bits per heavy atom. The summed E-state index contributed by atoms with van der Waals surface area (Å²) in [6.45, 7) is 3.28. The van der Waals surface area contributed by atoms with E-state index < -0.39 is 22.7 Å². The lowest BCUT2D eigenvalue weighted by Crippen LogP contribution is -2.31. The molecule has 0 aliphatic carbocycles. The van der Waals surface area contributed by atoms with Gasteiger partial charge in [-0.2, -0.15) is 0 Å². The number of nitrogens with zero attached hydrogens (tertiary/aromatic N) is 1. The molecule has 0 saturated carbocycles. The van der Waals surface area contributed by atoms with E-state index in [1.165, 1.54) is 0 Å². The molecule has 0 aliphatic heterocycles. The first-order valence-electron chi connectivity index (χ1n) is 7.45. The molecule has 0 radical (unpaired) electrons. The minimum atomic E-state index is -3.58. The van der Waals surface area contributed by atoms with Gasteiger partial charge in [-0.25, -0.2) is 13.1 Å². The van der Waals surface area contributed by atoms with E-state index in [1.807, 2.05) is 38.1 Å². The number of pyridine rings is 1. The predicted octanol–water partition coefficient (Wildman–Crippen LogP) is 3.07. The molecule has 0 fully saturated rings. The van der Waals surface area contributed by atoms with E-state index in [9.17, 15) is 12.8 Å². The van der Waals surface area contributed by atoms with Crippen LogP contribution < -0.4 is 4.72 Å². The Morgan fingerprint density at radius 3 is 2.43 bits per heavy atom. The molecule has 0 amide bonds. The fourth-order valence-corrected chi connectivity index (χ4v) is 3.77. The van der Waals surface area contributed by atoms with Gasteiger partial charge in [0.2, 0.25) is 10.0 Å². The molecule has 1 aromatic carbocycles. The number of sulfonamides is 1. The maximum absolute atomic E-state index is 12.3. The maximum atomic E-state index is 12.3. The SMILES string of the molecule is Cc1cc(C)cc([C@@H](NS(=O)(=O)CCCF)c2cccnc2)c1. The van der Waals surface area contributed by atoms with Gasteiger partial charge < -0.3 is 0 Å². The molecule has 0 aliphatic rings. The molecule has 124 valence electrons. The molecule has 0 bridgehead atoms. The lowest BCUT2D eigenvalue weighted by molar-refractivity contribution is 0.482. The van der Waals surface area contributed by atoms with Crippen molar-refractivity contribution >= 4 is 10.0 Å². The van der Waals surface area contributed by atoms with Crippen LogP contribution in [0.2, 0.25) is 0 Å². The normalized spacial score (nSPS) is 13.0. The Kier molecular flexibility index (Phi) is 5.85. The van der Waals surface area contributed by atoms with Crippen LogP contribution in [0.15, 0.2) is 42.7 Å². The van der Waals surface area contributed by atoms with Crippen molar-refractivity contribution in [1.82, 2.24) is 9.71 Å². The van der Waals surface area contributed by atoms with Crippen molar-refractivity contribution < 1.29 is 12.8 Å². The summed E-state index contributed by atoms with van der Waals surface area (Å²) in [4.78, 5) is 4.07. The fourth-order valence-electron chi connectivity index (χ4n) is 2.53. The highest BCUT2D eigenvalue weighted by Crippen LogP contribution is 2.24. The van der Waals surface area contributed by atoms with Crippen molar-refractivity contribution in [3.63, 3.8) is 0 Å². The molecule has 1 heterocycles. The van der Waals surface area contributed by atoms with Crippen LogP contribution in [0.3, 0.4) is 0 Å². The lowest BCUT2D eigenvalue weighted by atomic mass is 9.97. The largest absolute Gasteiger partial charge is 0.264 e. The smallest absolute Gasteiger partial charge is 0.212 e. The van der Waals surface area contributed by atoms with Gasteiger partial charge in [0.05, 0.1) is 18.5 Å². The molecule has 6 heteroatoms. The predicted molar refractivity (Wildman–Crippen MR) is 89.5 cm³/mol. The zero-order valence-electron chi connectivity index (χ0n) is 13.3. The second kappa shape index (κ2) is 7.66. The first-order valence-corrected chi connectivity index (χ1v) is 9.10. The topological polar surface area (TPSA) is 59.1 Å². The van der Waals surface area contributed by atoms with Crippen molar-refractivity contribution in [1.29, 1.82) is 0 Å². The first-order chi connectivity index (χ1) is 10.9. The summed E-state index contributed by atoms with van der Waals surface area (Å²) in [6, 6.07) is 8.98. The molecule has 1 aromatic heterocycles. The Hall–Kier alpha value is -1.79. The highest BCUT2D eigenvalue weighted by molar-refractivity contribution is 7.89. The highest BCUT2D eigenvalue weighted by Gasteiger charge is 2.21. The number of rotatable bonds is 7. The molecule has 0 unspecified atom stereocenters. The Morgan fingerprint density at radius 2 is 1.87 bits per heavy atom. The monoisotopic (exact) mass is 336 g/mol. The first kappa shape index (κ1) is 17.6. The van der Waals surface area contributed by atoms with Crippen LogP contribution in [0.4, 0.5) is 4.39 Å². The van der Waals surface area contributed by atoms with E-state index >= 15 is 0 Å². The zero-order chi connectivity index (χ0) is 16.9. The van der Waals surface area contributed by atoms with Crippen LogP contribution in [0.5, 0.6) is 0 Å². The summed E-state index contributed by atoms with van der Waals surface area (Å²) in [5.74, 6) is -0.231. The van der Waals surface area contributed by atoms with Gasteiger partial charge in [-0.15, -0.1) is 0 Å². The van der Waals surface area contributed by atoms with Crippen LogP contribution >= 0.6 is 0 Å². The average molecular weight is 336 g/mol. The molecular weight excluding hydrogens is 315 g/mol. The van der Waals surface area contributed by atoms with Gasteiger partial charge in [-0.05, 0) is 37.5 Å². The number of halogens is 1. The summed E-state index contributed by atoms with van der Waals surface area (Å²) in [5.41, 5.74) is 3.70. The molecule has 1 N–H and O–H groups in total. The maximum Gasteiger partial charge on any atom is 0.212 e. The number of aryl methyl sites for hydroxylation is 2. The fraction of sp³-hybridized carbons (Fsp3) is 0.353. The average Bonchev–Trinajstić information content (AvgIpc) is 2.51. The van der Waals surface area contributed by atoms with E-state index in [-0.39, 0.29) is 12.2 Å². The van der Waals surface area contributed by atoms with Crippen molar-refractivity contribution in [3.05, 3.63) is 65.0 Å². The molecule has 4 nitrogen and oxygen atoms in total. The van der Waals surface area contributed by atoms with Gasteiger partial charge in [0.25, 0.3) is 0 Å². The van der Waals surface area contributed by atoms with Crippen molar-refractivity contribution in [2.75, 3.05) is 12.4 Å². The Bertz CT molecular complexity index is 728. The Balaban J connectivity index is 2.40. The number of aromatic nitrogens is 1. The quantitative estimate of drug-likeness (QED) is 0.845. The van der Waals surface area contributed by atoms with Gasteiger partial charge in [-0.3, -0.25) is 9.37 Å². The molecule has 23 heavy (non-hydrogen) atoms. The van der Waals surface area contributed by atoms with E-state index in [0.717, 1.165) is 22.3 Å². The van der Waals surface area contributed by atoms with E-state index in [0.29, 0.717) is 0 Å². The summed E-state index contributed by atoms with van der Waals surface area (Å²) < 4.78 is 39.4.